The number of nitriles is 1. The second-order valence-corrected chi connectivity index (χ2v) is 6.07. The second-order valence-electron chi connectivity index (χ2n) is 6.07. The number of likely N-dealkylation sites (N-methyl/N-ethyl adjacent to an activating group) is 1. The van der Waals surface area contributed by atoms with E-state index in [1.165, 1.54) is 22.9 Å². The number of fused-ring (bicyclic) bond motifs is 1. The molecule has 1 aliphatic rings. The number of carbonyl (C=O) groups is 1. The first-order chi connectivity index (χ1) is 12.4. The van der Waals surface area contributed by atoms with E-state index in [1.807, 2.05) is 4.90 Å². The fraction of sp³-hybridized carbons (Fsp3) is 0.438. The van der Waals surface area contributed by atoms with Crippen molar-refractivity contribution in [2.75, 3.05) is 32.6 Å². The van der Waals surface area contributed by atoms with E-state index in [0.717, 1.165) is 0 Å². The van der Waals surface area contributed by atoms with E-state index in [-0.39, 0.29) is 18.1 Å². The summed E-state index contributed by atoms with van der Waals surface area (Å²) in [6, 6.07) is 3.81. The average molecular weight is 357 g/mol. The minimum Gasteiger partial charge on any atom is -0.481 e. The molecule has 2 aromatic heterocycles. The van der Waals surface area contributed by atoms with Gasteiger partial charge in [-0.15, -0.1) is 0 Å². The highest BCUT2D eigenvalue weighted by molar-refractivity contribution is 5.75. The third-order valence-corrected chi connectivity index (χ3v) is 4.24. The molecule has 3 heterocycles. The maximum absolute atomic E-state index is 12.4. The molecule has 0 bridgehead atoms. The zero-order valence-corrected chi connectivity index (χ0v) is 14.8. The highest BCUT2D eigenvalue weighted by Gasteiger charge is 2.25. The standard InChI is InChI=1S/C16H19N7O3/c1-20(2)15(24)10-23-16(25)22-5-4-21(9-13(22)19-23)12-6-14(26-3)18-8-11(12)7-17/h6,8H,4-5,9-10H2,1-3H3. The number of ether oxygens (including phenoxy) is 1. The fourth-order valence-corrected chi connectivity index (χ4v) is 2.76. The van der Waals surface area contributed by atoms with Crippen LogP contribution >= 0.6 is 0 Å². The molecule has 0 aromatic carbocycles. The lowest BCUT2D eigenvalue weighted by molar-refractivity contribution is -0.129. The molecule has 0 aliphatic carbocycles. The number of nitrogens with zero attached hydrogens (tertiary/aromatic N) is 7. The molecule has 26 heavy (non-hydrogen) atoms. The molecule has 136 valence electrons. The quantitative estimate of drug-likeness (QED) is 0.721. The van der Waals surface area contributed by atoms with Gasteiger partial charge in [0.1, 0.15) is 12.6 Å². The van der Waals surface area contributed by atoms with Crippen molar-refractivity contribution in [3.63, 3.8) is 0 Å². The van der Waals surface area contributed by atoms with Crippen molar-refractivity contribution in [1.29, 1.82) is 5.26 Å². The predicted molar refractivity (Wildman–Crippen MR) is 91.7 cm³/mol. The molecule has 0 atom stereocenters. The van der Waals surface area contributed by atoms with E-state index < -0.39 is 0 Å². The van der Waals surface area contributed by atoms with Gasteiger partial charge in [0, 0.05) is 33.3 Å². The van der Waals surface area contributed by atoms with Gasteiger partial charge < -0.3 is 14.5 Å². The van der Waals surface area contributed by atoms with Crippen LogP contribution in [0.3, 0.4) is 0 Å². The topological polar surface area (TPSA) is 109 Å². The number of hydrogen-bond donors (Lipinski definition) is 0. The van der Waals surface area contributed by atoms with E-state index in [1.54, 1.807) is 24.7 Å². The summed E-state index contributed by atoms with van der Waals surface area (Å²) in [4.78, 5) is 31.7. The summed E-state index contributed by atoms with van der Waals surface area (Å²) in [6.45, 7) is 1.19. The summed E-state index contributed by atoms with van der Waals surface area (Å²) in [6.07, 6.45) is 1.46. The maximum atomic E-state index is 12.4. The lowest BCUT2D eigenvalue weighted by Crippen LogP contribution is -2.38. The van der Waals surface area contributed by atoms with Crippen molar-refractivity contribution in [1.82, 2.24) is 24.2 Å². The maximum Gasteiger partial charge on any atom is 0.346 e. The van der Waals surface area contributed by atoms with Gasteiger partial charge in [-0.1, -0.05) is 0 Å². The Hall–Kier alpha value is -3.35. The van der Waals surface area contributed by atoms with E-state index in [2.05, 4.69) is 16.2 Å². The first-order valence-corrected chi connectivity index (χ1v) is 8.00. The molecular formula is C16H19N7O3. The van der Waals surface area contributed by atoms with Crippen LogP contribution in [-0.4, -0.2) is 57.9 Å². The van der Waals surface area contributed by atoms with Gasteiger partial charge in [-0.2, -0.15) is 10.4 Å². The van der Waals surface area contributed by atoms with Gasteiger partial charge in [0.2, 0.25) is 11.8 Å². The van der Waals surface area contributed by atoms with Gasteiger partial charge in [0.25, 0.3) is 0 Å². The summed E-state index contributed by atoms with van der Waals surface area (Å²) in [5, 5.41) is 13.6. The van der Waals surface area contributed by atoms with Crippen LogP contribution in [0.4, 0.5) is 5.69 Å². The molecule has 10 nitrogen and oxygen atoms in total. The molecule has 0 saturated heterocycles. The van der Waals surface area contributed by atoms with Gasteiger partial charge in [0.15, 0.2) is 5.82 Å². The molecule has 3 rings (SSSR count). The van der Waals surface area contributed by atoms with Crippen molar-refractivity contribution < 1.29 is 9.53 Å². The summed E-state index contributed by atoms with van der Waals surface area (Å²) in [5.41, 5.74) is 0.795. The van der Waals surface area contributed by atoms with E-state index in [9.17, 15) is 14.9 Å². The van der Waals surface area contributed by atoms with Crippen LogP contribution in [-0.2, 0) is 24.4 Å². The van der Waals surface area contributed by atoms with Crippen LogP contribution in [0.1, 0.15) is 11.4 Å². The van der Waals surface area contributed by atoms with E-state index >= 15 is 0 Å². The van der Waals surface area contributed by atoms with Gasteiger partial charge in [-0.05, 0) is 0 Å². The SMILES string of the molecule is COc1cc(N2CCn3c(nn(CC(=O)N(C)C)c3=O)C2)c(C#N)cn1. The zero-order chi connectivity index (χ0) is 18.8. The molecule has 0 saturated carbocycles. The smallest absolute Gasteiger partial charge is 0.346 e. The third kappa shape index (κ3) is 3.11. The Morgan fingerprint density at radius 2 is 2.19 bits per heavy atom. The Bertz CT molecular complexity index is 938. The molecule has 1 amide bonds. The minimum atomic E-state index is -0.303. The van der Waals surface area contributed by atoms with Gasteiger partial charge in [0.05, 0.1) is 31.1 Å². The summed E-state index contributed by atoms with van der Waals surface area (Å²) in [7, 11) is 4.77. The largest absolute Gasteiger partial charge is 0.481 e. The van der Waals surface area contributed by atoms with E-state index in [0.29, 0.717) is 42.6 Å². The van der Waals surface area contributed by atoms with Crippen LogP contribution in [0.5, 0.6) is 5.88 Å². The Morgan fingerprint density at radius 3 is 2.85 bits per heavy atom. The number of rotatable bonds is 4. The lowest BCUT2D eigenvalue weighted by Gasteiger charge is -2.29. The minimum absolute atomic E-state index is 0.0989. The Labute approximate surface area is 149 Å². The van der Waals surface area contributed by atoms with Crippen LogP contribution in [0.15, 0.2) is 17.1 Å². The lowest BCUT2D eigenvalue weighted by atomic mass is 10.2. The first-order valence-electron chi connectivity index (χ1n) is 8.00. The molecule has 0 fully saturated rings. The highest BCUT2D eigenvalue weighted by atomic mass is 16.5. The number of aromatic nitrogens is 4. The molecule has 0 spiro atoms. The molecule has 2 aromatic rings. The Kier molecular flexibility index (Phi) is 4.62. The van der Waals surface area contributed by atoms with Crippen molar-refractivity contribution >= 4 is 11.6 Å². The highest BCUT2D eigenvalue weighted by Crippen LogP contribution is 2.26. The summed E-state index contributed by atoms with van der Waals surface area (Å²) >= 11 is 0. The van der Waals surface area contributed by atoms with Crippen LogP contribution in [0, 0.1) is 11.3 Å². The number of pyridine rings is 1. The number of methoxy groups -OCH3 is 1. The number of carbonyl (C=O) groups excluding carboxylic acids is 1. The van der Waals surface area contributed by atoms with Crippen molar-refractivity contribution in [3.8, 4) is 11.9 Å². The van der Waals surface area contributed by atoms with Crippen LogP contribution in [0.25, 0.3) is 0 Å². The number of hydrogen-bond acceptors (Lipinski definition) is 7. The van der Waals surface area contributed by atoms with Crippen molar-refractivity contribution in [2.24, 2.45) is 0 Å². The molecule has 0 radical (unpaired) electrons. The predicted octanol–water partition coefficient (Wildman–Crippen LogP) is -0.572. The molecule has 1 aliphatic heterocycles. The van der Waals surface area contributed by atoms with Gasteiger partial charge in [-0.3, -0.25) is 9.36 Å². The van der Waals surface area contributed by atoms with Crippen LogP contribution < -0.4 is 15.3 Å². The number of anilines is 1. The van der Waals surface area contributed by atoms with Gasteiger partial charge in [-0.25, -0.2) is 14.5 Å². The second kappa shape index (κ2) is 6.87. The van der Waals surface area contributed by atoms with Gasteiger partial charge >= 0.3 is 5.69 Å². The molecule has 10 heteroatoms. The normalized spacial score (nSPS) is 13.1. The zero-order valence-electron chi connectivity index (χ0n) is 14.8. The third-order valence-electron chi connectivity index (χ3n) is 4.24. The van der Waals surface area contributed by atoms with Crippen molar-refractivity contribution in [3.05, 3.63) is 34.1 Å². The molecule has 0 unspecified atom stereocenters. The molecular weight excluding hydrogens is 338 g/mol. The molecule has 0 N–H and O–H groups in total. The first kappa shape index (κ1) is 17.5. The summed E-state index contributed by atoms with van der Waals surface area (Å²) < 4.78 is 7.88. The monoisotopic (exact) mass is 357 g/mol. The summed E-state index contributed by atoms with van der Waals surface area (Å²) in [5.74, 6) is 0.751. The number of amides is 1. The Morgan fingerprint density at radius 1 is 1.42 bits per heavy atom. The van der Waals surface area contributed by atoms with Crippen LogP contribution in [0.2, 0.25) is 0 Å². The average Bonchev–Trinajstić information content (AvgIpc) is 2.96. The fourth-order valence-electron chi connectivity index (χ4n) is 2.76. The Balaban J connectivity index is 1.90. The van der Waals surface area contributed by atoms with Crippen molar-refractivity contribution in [2.45, 2.75) is 19.6 Å². The van der Waals surface area contributed by atoms with E-state index in [4.69, 9.17) is 4.74 Å².